The molecule has 0 unspecified atom stereocenters. The van der Waals surface area contributed by atoms with Gasteiger partial charge in [-0.15, -0.1) is 0 Å². The molecule has 0 atom stereocenters. The van der Waals surface area contributed by atoms with Gasteiger partial charge in [0, 0.05) is 12.8 Å². The second-order valence-electron chi connectivity index (χ2n) is 7.58. The molecule has 0 aromatic carbocycles. The van der Waals surface area contributed by atoms with E-state index in [2.05, 4.69) is 6.92 Å². The summed E-state index contributed by atoms with van der Waals surface area (Å²) in [6.45, 7) is 5.83. The monoisotopic (exact) mass is 380 g/mol. The molecule has 1 aromatic heterocycles. The Balaban J connectivity index is 1.99. The number of furan rings is 1. The minimum atomic E-state index is -0.288. The van der Waals surface area contributed by atoms with Crippen LogP contribution in [0.4, 0.5) is 0 Å². The molecule has 0 saturated carbocycles. The molecule has 1 aromatic rings. The van der Waals surface area contributed by atoms with E-state index in [1.165, 1.54) is 70.6 Å². The highest BCUT2D eigenvalue weighted by Crippen LogP contribution is 2.37. The minimum Gasteiger partial charge on any atom is -0.502 e. The van der Waals surface area contributed by atoms with Crippen molar-refractivity contribution >= 4 is 5.97 Å². The molecular formula is C23H40O4. The van der Waals surface area contributed by atoms with Gasteiger partial charge in [-0.1, -0.05) is 90.9 Å². The largest absolute Gasteiger partial charge is 0.502 e. The van der Waals surface area contributed by atoms with Crippen molar-refractivity contribution < 1.29 is 19.1 Å². The van der Waals surface area contributed by atoms with Crippen molar-refractivity contribution in [3.63, 3.8) is 0 Å². The van der Waals surface area contributed by atoms with Crippen molar-refractivity contribution in [2.45, 2.75) is 117 Å². The summed E-state index contributed by atoms with van der Waals surface area (Å²) in [5.74, 6) is 0.795. The zero-order valence-electron chi connectivity index (χ0n) is 17.8. The van der Waals surface area contributed by atoms with Crippen LogP contribution in [0.3, 0.4) is 0 Å². The molecule has 1 N–H and O–H groups in total. The fraction of sp³-hybridized carbons (Fsp3) is 0.783. The molecule has 0 saturated heterocycles. The average molecular weight is 381 g/mol. The van der Waals surface area contributed by atoms with Gasteiger partial charge in [-0.2, -0.15) is 0 Å². The van der Waals surface area contributed by atoms with Gasteiger partial charge in [0.2, 0.25) is 11.5 Å². The predicted octanol–water partition coefficient (Wildman–Crippen LogP) is 7.24. The summed E-state index contributed by atoms with van der Waals surface area (Å²) in [7, 11) is 0. The maximum absolute atomic E-state index is 12.0. The van der Waals surface area contributed by atoms with Crippen LogP contribution >= 0.6 is 0 Å². The molecule has 27 heavy (non-hydrogen) atoms. The molecule has 0 radical (unpaired) electrons. The summed E-state index contributed by atoms with van der Waals surface area (Å²) in [5.41, 5.74) is 0. The van der Waals surface area contributed by atoms with E-state index in [0.717, 1.165) is 12.8 Å². The number of ether oxygens (including phenoxy) is 1. The second kappa shape index (κ2) is 14.6. The lowest BCUT2D eigenvalue weighted by Gasteiger charge is -2.05. The number of unbranched alkanes of at least 4 members (excludes halogenated alkanes) is 12. The van der Waals surface area contributed by atoms with Gasteiger partial charge < -0.3 is 14.3 Å². The maximum Gasteiger partial charge on any atom is 0.311 e. The Labute approximate surface area is 165 Å². The number of aryl methyl sites for hydroxylation is 2. The van der Waals surface area contributed by atoms with E-state index in [-0.39, 0.29) is 17.5 Å². The van der Waals surface area contributed by atoms with Gasteiger partial charge in [-0.3, -0.25) is 4.79 Å². The van der Waals surface area contributed by atoms with Crippen LogP contribution in [-0.4, -0.2) is 11.1 Å². The van der Waals surface area contributed by atoms with Gasteiger partial charge in [-0.05, 0) is 13.3 Å². The van der Waals surface area contributed by atoms with Gasteiger partial charge in [0.1, 0.15) is 5.76 Å². The molecule has 4 heteroatoms. The van der Waals surface area contributed by atoms with Crippen molar-refractivity contribution in [3.8, 4) is 11.5 Å². The van der Waals surface area contributed by atoms with Crippen LogP contribution in [0.1, 0.15) is 115 Å². The summed E-state index contributed by atoms with van der Waals surface area (Å²) >= 11 is 0. The Morgan fingerprint density at radius 2 is 1.33 bits per heavy atom. The molecule has 1 rings (SSSR count). The van der Waals surface area contributed by atoms with Gasteiger partial charge in [0.15, 0.2) is 5.76 Å². The van der Waals surface area contributed by atoms with Gasteiger partial charge in [-0.25, -0.2) is 0 Å². The Bertz CT molecular complexity index is 519. The smallest absolute Gasteiger partial charge is 0.311 e. The first-order chi connectivity index (χ1) is 13.1. The van der Waals surface area contributed by atoms with Crippen LogP contribution < -0.4 is 4.74 Å². The van der Waals surface area contributed by atoms with E-state index < -0.39 is 0 Å². The highest BCUT2D eigenvalue weighted by molar-refractivity contribution is 5.73. The molecule has 156 valence electrons. The first-order valence-electron chi connectivity index (χ1n) is 11.1. The molecular weight excluding hydrogens is 340 g/mol. The lowest BCUT2D eigenvalue weighted by Crippen LogP contribution is -2.08. The highest BCUT2D eigenvalue weighted by atomic mass is 16.6. The number of hydrogen-bond acceptors (Lipinski definition) is 4. The van der Waals surface area contributed by atoms with Crippen LogP contribution in [0.2, 0.25) is 0 Å². The van der Waals surface area contributed by atoms with Crippen LogP contribution in [0.5, 0.6) is 11.5 Å². The first-order valence-corrected chi connectivity index (χ1v) is 11.1. The number of esters is 1. The van der Waals surface area contributed by atoms with Crippen molar-refractivity contribution in [1.82, 2.24) is 0 Å². The quantitative estimate of drug-likeness (QED) is 0.242. The number of carbonyl (C=O) groups excluding carboxylic acids is 1. The summed E-state index contributed by atoms with van der Waals surface area (Å²) in [5, 5.41) is 9.91. The number of rotatable bonds is 16. The molecule has 0 amide bonds. The first kappa shape index (κ1) is 23.6. The summed E-state index contributed by atoms with van der Waals surface area (Å²) in [6.07, 6.45) is 17.6. The predicted molar refractivity (Wildman–Crippen MR) is 110 cm³/mol. The lowest BCUT2D eigenvalue weighted by molar-refractivity contribution is -0.134. The van der Waals surface area contributed by atoms with E-state index in [9.17, 15) is 9.90 Å². The molecule has 0 bridgehead atoms. The third kappa shape index (κ3) is 9.88. The van der Waals surface area contributed by atoms with Gasteiger partial charge in [0.25, 0.3) is 0 Å². The van der Waals surface area contributed by atoms with Gasteiger partial charge >= 0.3 is 5.97 Å². The third-order valence-corrected chi connectivity index (χ3v) is 5.10. The van der Waals surface area contributed by atoms with Gasteiger partial charge in [0.05, 0.1) is 0 Å². The van der Waals surface area contributed by atoms with E-state index in [0.29, 0.717) is 24.4 Å². The van der Waals surface area contributed by atoms with Crippen molar-refractivity contribution in [1.29, 1.82) is 0 Å². The van der Waals surface area contributed by atoms with Crippen molar-refractivity contribution in [2.75, 3.05) is 0 Å². The molecule has 1 heterocycles. The normalized spacial score (nSPS) is 11.1. The fourth-order valence-electron chi connectivity index (χ4n) is 3.36. The lowest BCUT2D eigenvalue weighted by atomic mass is 10.0. The number of aromatic hydroxyl groups is 1. The summed E-state index contributed by atoms with van der Waals surface area (Å²) < 4.78 is 10.7. The van der Waals surface area contributed by atoms with E-state index in [4.69, 9.17) is 9.15 Å². The second-order valence-corrected chi connectivity index (χ2v) is 7.58. The topological polar surface area (TPSA) is 59.7 Å². The molecule has 0 aliphatic rings. The highest BCUT2D eigenvalue weighted by Gasteiger charge is 2.20. The Morgan fingerprint density at radius 1 is 0.852 bits per heavy atom. The Kier molecular flexibility index (Phi) is 12.7. The van der Waals surface area contributed by atoms with Crippen LogP contribution in [0.25, 0.3) is 0 Å². The SMILES string of the molecule is CCCCCCCCCCCCCCCC(=O)Oc1c(CC)oc(C)c1O. The van der Waals surface area contributed by atoms with E-state index in [1.54, 1.807) is 6.92 Å². The Hall–Kier alpha value is -1.45. The minimum absolute atomic E-state index is 0.0504. The number of carbonyl (C=O) groups is 1. The van der Waals surface area contributed by atoms with Crippen molar-refractivity contribution in [2.24, 2.45) is 0 Å². The molecule has 4 nitrogen and oxygen atoms in total. The van der Waals surface area contributed by atoms with Crippen LogP contribution in [-0.2, 0) is 11.2 Å². The number of hydrogen-bond donors (Lipinski definition) is 1. The zero-order valence-corrected chi connectivity index (χ0v) is 17.8. The maximum atomic E-state index is 12.0. The molecule has 0 aliphatic heterocycles. The molecule has 0 fully saturated rings. The van der Waals surface area contributed by atoms with E-state index in [1.807, 2.05) is 6.92 Å². The standard InChI is InChI=1S/C23H40O4/c1-4-6-7-8-9-10-11-12-13-14-15-16-17-18-21(24)27-23-20(5-2)26-19(3)22(23)25/h25H,4-18H2,1-3H3. The molecule has 0 aliphatic carbocycles. The van der Waals surface area contributed by atoms with Crippen molar-refractivity contribution in [3.05, 3.63) is 11.5 Å². The zero-order chi connectivity index (χ0) is 19.9. The Morgan fingerprint density at radius 3 is 1.81 bits per heavy atom. The summed E-state index contributed by atoms with van der Waals surface area (Å²) in [4.78, 5) is 12.0. The fourth-order valence-corrected chi connectivity index (χ4v) is 3.36. The third-order valence-electron chi connectivity index (χ3n) is 5.10. The van der Waals surface area contributed by atoms with Crippen LogP contribution in [0, 0.1) is 6.92 Å². The molecule has 0 spiro atoms. The summed E-state index contributed by atoms with van der Waals surface area (Å²) in [6, 6.07) is 0. The van der Waals surface area contributed by atoms with Crippen LogP contribution in [0.15, 0.2) is 4.42 Å². The van der Waals surface area contributed by atoms with E-state index >= 15 is 0 Å². The average Bonchev–Trinajstić information content (AvgIpc) is 2.93.